The maximum atomic E-state index is 12.8. The number of hydrogen-bond donors (Lipinski definition) is 0. The lowest BCUT2D eigenvalue weighted by atomic mass is 9.81. The van der Waals surface area contributed by atoms with Gasteiger partial charge in [0.15, 0.2) is 11.6 Å². The number of carbonyl (C=O) groups is 3. The van der Waals surface area contributed by atoms with Crippen LogP contribution in [0.15, 0.2) is 0 Å². The third-order valence-electron chi connectivity index (χ3n) is 6.89. The third-order valence-corrected chi connectivity index (χ3v) is 6.89. The molecule has 0 aromatic heterocycles. The first-order valence-corrected chi connectivity index (χ1v) is 10.7. The molecule has 0 bridgehead atoms. The zero-order valence-electron chi connectivity index (χ0n) is 17.5. The summed E-state index contributed by atoms with van der Waals surface area (Å²) < 4.78 is 17.6. The molecule has 0 aromatic rings. The van der Waals surface area contributed by atoms with Gasteiger partial charge in [0.25, 0.3) is 0 Å². The molecule has 8 unspecified atom stereocenters. The van der Waals surface area contributed by atoms with E-state index < -0.39 is 12.2 Å². The largest absolute Gasteiger partial charge is 0.381 e. The van der Waals surface area contributed by atoms with Crippen LogP contribution >= 0.6 is 0 Å². The van der Waals surface area contributed by atoms with Gasteiger partial charge in [0.2, 0.25) is 0 Å². The first-order chi connectivity index (χ1) is 13.3. The van der Waals surface area contributed by atoms with E-state index in [2.05, 4.69) is 0 Å². The van der Waals surface area contributed by atoms with Crippen molar-refractivity contribution in [2.45, 2.75) is 96.2 Å². The van der Waals surface area contributed by atoms with Crippen molar-refractivity contribution in [2.24, 2.45) is 17.8 Å². The van der Waals surface area contributed by atoms with E-state index in [4.69, 9.17) is 14.2 Å². The van der Waals surface area contributed by atoms with Gasteiger partial charge in [-0.1, -0.05) is 20.8 Å². The van der Waals surface area contributed by atoms with Crippen molar-refractivity contribution in [2.75, 3.05) is 7.11 Å². The van der Waals surface area contributed by atoms with Gasteiger partial charge >= 0.3 is 0 Å². The summed E-state index contributed by atoms with van der Waals surface area (Å²) in [5.41, 5.74) is 0. The van der Waals surface area contributed by atoms with Crippen LogP contribution in [0.4, 0.5) is 0 Å². The molecule has 0 radical (unpaired) electrons. The van der Waals surface area contributed by atoms with Crippen molar-refractivity contribution in [3.8, 4) is 0 Å². The Labute approximate surface area is 167 Å². The molecule has 0 saturated heterocycles. The Hall–Kier alpha value is -1.11. The minimum Gasteiger partial charge on any atom is -0.381 e. The Kier molecular flexibility index (Phi) is 7.05. The van der Waals surface area contributed by atoms with Gasteiger partial charge in [-0.15, -0.1) is 0 Å². The quantitative estimate of drug-likeness (QED) is 0.713. The van der Waals surface area contributed by atoms with E-state index in [-0.39, 0.29) is 53.4 Å². The first-order valence-electron chi connectivity index (χ1n) is 10.7. The van der Waals surface area contributed by atoms with Gasteiger partial charge < -0.3 is 14.2 Å². The Morgan fingerprint density at radius 1 is 0.857 bits per heavy atom. The van der Waals surface area contributed by atoms with Crippen LogP contribution in [0.2, 0.25) is 0 Å². The smallest absolute Gasteiger partial charge is 0.166 e. The average molecular weight is 395 g/mol. The number of methoxy groups -OCH3 is 1. The van der Waals surface area contributed by atoms with E-state index in [9.17, 15) is 14.4 Å². The molecule has 0 heterocycles. The molecule has 3 saturated carbocycles. The molecule has 0 aromatic carbocycles. The number of carbonyl (C=O) groups excluding carboxylic acids is 3. The van der Waals surface area contributed by atoms with Crippen LogP contribution < -0.4 is 0 Å². The molecule has 0 spiro atoms. The standard InChI is InChI=1S/C22H34O6/c1-12-10-15(27-19-7-5-6-16(23)13(19)2)11-17(24)22(12)28-20-9-8-18(26-4)14(3)21(20)25/h12-15,18-20,22H,5-11H2,1-4H3. The van der Waals surface area contributed by atoms with Gasteiger partial charge in [0.05, 0.1) is 18.3 Å². The van der Waals surface area contributed by atoms with E-state index in [1.807, 2.05) is 20.8 Å². The van der Waals surface area contributed by atoms with Crippen LogP contribution in [-0.4, -0.2) is 55.0 Å². The molecule has 6 heteroatoms. The normalized spacial score (nSPS) is 42.6. The van der Waals surface area contributed by atoms with Crippen LogP contribution in [0.3, 0.4) is 0 Å². The minimum atomic E-state index is -0.550. The average Bonchev–Trinajstić information content (AvgIpc) is 2.65. The third kappa shape index (κ3) is 4.55. The molecule has 28 heavy (non-hydrogen) atoms. The Morgan fingerprint density at radius 2 is 1.61 bits per heavy atom. The van der Waals surface area contributed by atoms with Gasteiger partial charge in [-0.25, -0.2) is 0 Å². The monoisotopic (exact) mass is 394 g/mol. The van der Waals surface area contributed by atoms with Crippen molar-refractivity contribution >= 4 is 17.3 Å². The Morgan fingerprint density at radius 3 is 2.29 bits per heavy atom. The summed E-state index contributed by atoms with van der Waals surface area (Å²) in [6, 6.07) is 0. The summed E-state index contributed by atoms with van der Waals surface area (Å²) >= 11 is 0. The van der Waals surface area contributed by atoms with E-state index >= 15 is 0 Å². The van der Waals surface area contributed by atoms with Crippen LogP contribution in [0, 0.1) is 17.8 Å². The summed E-state index contributed by atoms with van der Waals surface area (Å²) in [5, 5.41) is 0. The van der Waals surface area contributed by atoms with Crippen molar-refractivity contribution in [1.82, 2.24) is 0 Å². The number of ether oxygens (including phenoxy) is 3. The van der Waals surface area contributed by atoms with E-state index in [0.29, 0.717) is 25.7 Å². The van der Waals surface area contributed by atoms with E-state index in [0.717, 1.165) is 19.3 Å². The highest BCUT2D eigenvalue weighted by molar-refractivity contribution is 5.88. The molecular formula is C22H34O6. The molecule has 3 aliphatic rings. The summed E-state index contributed by atoms with van der Waals surface area (Å²) in [4.78, 5) is 37.3. The molecule has 6 nitrogen and oxygen atoms in total. The van der Waals surface area contributed by atoms with Crippen molar-refractivity contribution in [3.05, 3.63) is 0 Å². The number of hydrogen-bond acceptors (Lipinski definition) is 6. The predicted octanol–water partition coefficient (Wildman–Crippen LogP) is 2.90. The van der Waals surface area contributed by atoms with Crippen molar-refractivity contribution in [1.29, 1.82) is 0 Å². The summed E-state index contributed by atoms with van der Waals surface area (Å²) in [6.45, 7) is 5.78. The number of Topliss-reactive ketones (excluding diaryl/α,β-unsaturated/α-hetero) is 3. The van der Waals surface area contributed by atoms with E-state index in [1.165, 1.54) is 0 Å². The fourth-order valence-electron chi connectivity index (χ4n) is 5.01. The number of rotatable bonds is 5. The zero-order chi connectivity index (χ0) is 20.4. The topological polar surface area (TPSA) is 78.9 Å². The van der Waals surface area contributed by atoms with Crippen LogP contribution in [-0.2, 0) is 28.6 Å². The second kappa shape index (κ2) is 9.14. The lowest BCUT2D eigenvalue weighted by Crippen LogP contribution is -2.49. The molecule has 3 rings (SSSR count). The highest BCUT2D eigenvalue weighted by atomic mass is 16.5. The molecular weight excluding hydrogens is 360 g/mol. The molecule has 0 N–H and O–H groups in total. The highest BCUT2D eigenvalue weighted by Gasteiger charge is 2.43. The second-order valence-corrected chi connectivity index (χ2v) is 8.92. The van der Waals surface area contributed by atoms with Gasteiger partial charge in [-0.2, -0.15) is 0 Å². The second-order valence-electron chi connectivity index (χ2n) is 8.92. The SMILES string of the molecule is COC1CCC(OC2C(=O)CC(OC3CCCC(=O)C3C)CC2C)C(=O)C1C. The molecule has 158 valence electrons. The lowest BCUT2D eigenvalue weighted by Gasteiger charge is -2.39. The van der Waals surface area contributed by atoms with Gasteiger partial charge in [-0.3, -0.25) is 14.4 Å². The van der Waals surface area contributed by atoms with Gasteiger partial charge in [0.1, 0.15) is 18.0 Å². The molecule has 0 amide bonds. The maximum absolute atomic E-state index is 12.8. The van der Waals surface area contributed by atoms with Crippen LogP contribution in [0.25, 0.3) is 0 Å². The maximum Gasteiger partial charge on any atom is 0.166 e. The fourth-order valence-corrected chi connectivity index (χ4v) is 5.01. The molecule has 3 fully saturated rings. The summed E-state index contributed by atoms with van der Waals surface area (Å²) in [7, 11) is 1.63. The van der Waals surface area contributed by atoms with Crippen LogP contribution in [0.5, 0.6) is 0 Å². The van der Waals surface area contributed by atoms with Gasteiger partial charge in [-0.05, 0) is 38.0 Å². The molecule has 8 atom stereocenters. The molecule has 3 aliphatic carbocycles. The Bertz CT molecular complexity index is 602. The summed E-state index contributed by atoms with van der Waals surface area (Å²) in [5.74, 6) is -0.0164. The fraction of sp³-hybridized carbons (Fsp3) is 0.864. The Balaban J connectivity index is 1.56. The lowest BCUT2D eigenvalue weighted by molar-refractivity contribution is -0.167. The van der Waals surface area contributed by atoms with Crippen molar-refractivity contribution < 1.29 is 28.6 Å². The van der Waals surface area contributed by atoms with Crippen molar-refractivity contribution in [3.63, 3.8) is 0 Å². The minimum absolute atomic E-state index is 0.00728. The molecule has 0 aliphatic heterocycles. The van der Waals surface area contributed by atoms with Crippen LogP contribution in [0.1, 0.15) is 65.7 Å². The first kappa shape index (κ1) is 21.6. The van der Waals surface area contributed by atoms with E-state index in [1.54, 1.807) is 7.11 Å². The van der Waals surface area contributed by atoms with Gasteiger partial charge in [0, 0.05) is 31.8 Å². The zero-order valence-corrected chi connectivity index (χ0v) is 17.5. The summed E-state index contributed by atoms with van der Waals surface area (Å²) in [6.07, 6.45) is 3.35. The number of ketones is 3. The highest BCUT2D eigenvalue weighted by Crippen LogP contribution is 2.34. The predicted molar refractivity (Wildman–Crippen MR) is 103 cm³/mol.